The summed E-state index contributed by atoms with van der Waals surface area (Å²) >= 11 is 6.02. The van der Waals surface area contributed by atoms with Gasteiger partial charge in [-0.15, -0.1) is 11.6 Å². The Bertz CT molecular complexity index is 888. The Morgan fingerprint density at radius 1 is 1.28 bits per heavy atom. The first-order chi connectivity index (χ1) is 14.9. The summed E-state index contributed by atoms with van der Waals surface area (Å²) in [4.78, 5) is 37.8. The summed E-state index contributed by atoms with van der Waals surface area (Å²) in [5, 5.41) is 11.4. The van der Waals surface area contributed by atoms with Crippen LogP contribution in [-0.2, 0) is 19.1 Å². The number of hydrogen-bond donors (Lipinski definition) is 1. The van der Waals surface area contributed by atoms with Crippen molar-refractivity contribution >= 4 is 29.1 Å². The topological polar surface area (TPSA) is 80.7 Å². The van der Waals surface area contributed by atoms with Crippen molar-refractivity contribution in [2.75, 3.05) is 5.88 Å². The lowest BCUT2D eigenvalue weighted by molar-refractivity contribution is -0.234. The van der Waals surface area contributed by atoms with Crippen LogP contribution in [0.1, 0.15) is 72.6 Å². The van der Waals surface area contributed by atoms with Crippen LogP contribution in [0.3, 0.4) is 0 Å². The summed E-state index contributed by atoms with van der Waals surface area (Å²) in [7, 11) is 0. The zero-order chi connectivity index (χ0) is 23.7. The van der Waals surface area contributed by atoms with Crippen LogP contribution >= 0.6 is 11.6 Å². The number of Topliss-reactive ketones (excluding diaryl/α,β-unsaturated/α-hetero) is 1. The lowest BCUT2D eigenvalue weighted by Crippen LogP contribution is -2.70. The van der Waals surface area contributed by atoms with Gasteiger partial charge in [-0.3, -0.25) is 14.4 Å². The van der Waals surface area contributed by atoms with Crippen molar-refractivity contribution < 1.29 is 28.6 Å². The molecule has 3 fully saturated rings. The molecule has 0 radical (unpaired) electrons. The van der Waals surface area contributed by atoms with Gasteiger partial charge in [0.25, 0.3) is 0 Å². The normalized spacial score (nSPS) is 47.7. The molecule has 178 valence electrons. The third-order valence-corrected chi connectivity index (χ3v) is 9.92. The van der Waals surface area contributed by atoms with E-state index in [-0.39, 0.29) is 48.5 Å². The SMILES string of the molecule is CCC(=O)O[C@]1(C(=O)CCl)[C@@H](C)C[C@H]2[C@@H]3CCC4=CC(=O)CC[C@@]4(C)[C@@]3(F)[C@@H](O)C[C@@]21C. The molecule has 0 aromatic heterocycles. The van der Waals surface area contributed by atoms with E-state index in [1.807, 2.05) is 20.8 Å². The molecule has 0 spiro atoms. The molecule has 7 heteroatoms. The van der Waals surface area contributed by atoms with E-state index in [1.54, 1.807) is 13.0 Å². The Hall–Kier alpha value is -1.27. The molecule has 0 aromatic rings. The Balaban J connectivity index is 1.84. The minimum atomic E-state index is -1.91. The first-order valence-electron chi connectivity index (χ1n) is 11.8. The van der Waals surface area contributed by atoms with Gasteiger partial charge >= 0.3 is 5.97 Å². The van der Waals surface area contributed by atoms with Crippen molar-refractivity contribution in [1.29, 1.82) is 0 Å². The highest BCUT2D eigenvalue weighted by molar-refractivity contribution is 6.29. The maximum atomic E-state index is 17.2. The maximum absolute atomic E-state index is 17.2. The molecule has 0 unspecified atom stereocenters. The van der Waals surface area contributed by atoms with Crippen LogP contribution in [0.5, 0.6) is 0 Å². The standard InChI is InChI=1S/C25H34ClFO5/c1-5-21(31)32-25(20(30)13-26)14(2)10-18-17-7-6-15-11-16(28)8-9-22(15,3)24(17,27)19(29)12-23(18,25)4/h11,14,17-19,29H,5-10,12-13H2,1-4H3/t14-,17-,18-,19-,22+,23-,24-,25-/m0/s1. The molecule has 0 amide bonds. The number of alkyl halides is 2. The summed E-state index contributed by atoms with van der Waals surface area (Å²) in [5.74, 6) is -2.25. The van der Waals surface area contributed by atoms with Crippen molar-refractivity contribution in [2.24, 2.45) is 28.6 Å². The number of hydrogen-bond acceptors (Lipinski definition) is 5. The number of allylic oxidation sites excluding steroid dienone is 1. The van der Waals surface area contributed by atoms with Crippen LogP contribution in [0.4, 0.5) is 4.39 Å². The fourth-order valence-corrected chi connectivity index (χ4v) is 8.31. The monoisotopic (exact) mass is 468 g/mol. The first-order valence-corrected chi connectivity index (χ1v) is 12.4. The molecule has 0 aliphatic heterocycles. The van der Waals surface area contributed by atoms with Gasteiger partial charge in [-0.2, -0.15) is 0 Å². The molecule has 8 atom stereocenters. The number of aliphatic hydroxyl groups is 1. The first kappa shape index (κ1) is 23.9. The molecule has 3 saturated carbocycles. The van der Waals surface area contributed by atoms with Crippen molar-refractivity contribution in [1.82, 2.24) is 0 Å². The van der Waals surface area contributed by atoms with Crippen molar-refractivity contribution in [3.63, 3.8) is 0 Å². The third kappa shape index (κ3) is 2.74. The smallest absolute Gasteiger partial charge is 0.306 e. The van der Waals surface area contributed by atoms with Crippen LogP contribution < -0.4 is 0 Å². The van der Waals surface area contributed by atoms with Gasteiger partial charge in [0.15, 0.2) is 17.2 Å². The molecule has 4 aliphatic carbocycles. The van der Waals surface area contributed by atoms with Crippen LogP contribution in [0.25, 0.3) is 0 Å². The molecule has 0 aromatic carbocycles. The molecule has 32 heavy (non-hydrogen) atoms. The average Bonchev–Trinajstić information content (AvgIpc) is 2.96. The highest BCUT2D eigenvalue weighted by atomic mass is 35.5. The molecule has 4 rings (SSSR count). The number of rotatable bonds is 4. The van der Waals surface area contributed by atoms with Gasteiger partial charge in [0.1, 0.15) is 5.67 Å². The second-order valence-electron chi connectivity index (χ2n) is 10.9. The van der Waals surface area contributed by atoms with Crippen LogP contribution in [0.2, 0.25) is 0 Å². The highest BCUT2D eigenvalue weighted by Crippen LogP contribution is 2.72. The summed E-state index contributed by atoms with van der Waals surface area (Å²) in [5.41, 5.74) is -4.44. The van der Waals surface area contributed by atoms with E-state index in [2.05, 4.69) is 0 Å². The van der Waals surface area contributed by atoms with Gasteiger partial charge in [-0.25, -0.2) is 4.39 Å². The average molecular weight is 469 g/mol. The lowest BCUT2D eigenvalue weighted by Gasteiger charge is -2.63. The molecular weight excluding hydrogens is 435 g/mol. The zero-order valence-electron chi connectivity index (χ0n) is 19.4. The van der Waals surface area contributed by atoms with E-state index in [0.29, 0.717) is 25.7 Å². The van der Waals surface area contributed by atoms with Crippen molar-refractivity contribution in [3.05, 3.63) is 11.6 Å². The Morgan fingerprint density at radius 3 is 2.59 bits per heavy atom. The summed E-state index contributed by atoms with van der Waals surface area (Å²) < 4.78 is 23.2. The summed E-state index contributed by atoms with van der Waals surface area (Å²) in [6.07, 6.45) is 2.61. The van der Waals surface area contributed by atoms with Gasteiger partial charge in [-0.1, -0.05) is 33.3 Å². The van der Waals surface area contributed by atoms with E-state index in [1.165, 1.54) is 0 Å². The number of carbonyl (C=O) groups is 3. The number of ketones is 2. The molecular formula is C25H34ClFO5. The third-order valence-electron chi connectivity index (χ3n) is 9.68. The van der Waals surface area contributed by atoms with E-state index >= 15 is 4.39 Å². The van der Waals surface area contributed by atoms with E-state index in [0.717, 1.165) is 5.57 Å². The van der Waals surface area contributed by atoms with Gasteiger partial charge in [0.05, 0.1) is 12.0 Å². The molecule has 1 N–H and O–H groups in total. The predicted octanol–water partition coefficient (Wildman–Crippen LogP) is 4.33. The largest absolute Gasteiger partial charge is 0.450 e. The van der Waals surface area contributed by atoms with Crippen molar-refractivity contribution in [3.8, 4) is 0 Å². The molecule has 0 heterocycles. The number of halogens is 2. The van der Waals surface area contributed by atoms with Gasteiger partial charge < -0.3 is 9.84 Å². The number of fused-ring (bicyclic) bond motifs is 5. The van der Waals surface area contributed by atoms with E-state index in [4.69, 9.17) is 16.3 Å². The Kier molecular flexibility index (Phi) is 5.69. The predicted molar refractivity (Wildman–Crippen MR) is 118 cm³/mol. The number of esters is 1. The van der Waals surface area contributed by atoms with Gasteiger partial charge in [0, 0.05) is 35.5 Å². The van der Waals surface area contributed by atoms with E-state index in [9.17, 15) is 19.5 Å². The second kappa shape index (κ2) is 7.63. The molecule has 5 nitrogen and oxygen atoms in total. The molecule has 0 bridgehead atoms. The second-order valence-corrected chi connectivity index (χ2v) is 11.1. The number of carbonyl (C=O) groups excluding carboxylic acids is 3. The summed E-state index contributed by atoms with van der Waals surface area (Å²) in [6.45, 7) is 7.26. The summed E-state index contributed by atoms with van der Waals surface area (Å²) in [6, 6.07) is 0. The van der Waals surface area contributed by atoms with Crippen molar-refractivity contribution in [2.45, 2.75) is 90.0 Å². The molecule has 4 aliphatic rings. The fraction of sp³-hybridized carbons (Fsp3) is 0.800. The lowest BCUT2D eigenvalue weighted by atomic mass is 9.43. The van der Waals surface area contributed by atoms with Crippen LogP contribution in [-0.4, -0.2) is 45.9 Å². The fourth-order valence-electron chi connectivity index (χ4n) is 8.11. The van der Waals surface area contributed by atoms with Crippen LogP contribution in [0.15, 0.2) is 11.6 Å². The Labute approximate surface area is 194 Å². The van der Waals surface area contributed by atoms with E-state index < -0.39 is 40.1 Å². The van der Waals surface area contributed by atoms with Gasteiger partial charge in [0.2, 0.25) is 0 Å². The number of aliphatic hydroxyl groups excluding tert-OH is 1. The molecule has 0 saturated heterocycles. The highest BCUT2D eigenvalue weighted by Gasteiger charge is 2.77. The van der Waals surface area contributed by atoms with Gasteiger partial charge in [-0.05, 0) is 44.1 Å². The quantitative estimate of drug-likeness (QED) is 0.490. The number of ether oxygens (including phenoxy) is 1. The maximum Gasteiger partial charge on any atom is 0.306 e. The zero-order valence-corrected chi connectivity index (χ0v) is 20.1. The van der Waals surface area contributed by atoms with Crippen LogP contribution in [0, 0.1) is 28.6 Å². The Morgan fingerprint density at radius 2 is 1.97 bits per heavy atom. The minimum Gasteiger partial charge on any atom is -0.450 e. The minimum absolute atomic E-state index is 0.00540.